The quantitative estimate of drug-likeness (QED) is 0.170. The molecule has 0 saturated carbocycles. The molecule has 0 radical (unpaired) electrons. The van der Waals surface area contributed by atoms with Gasteiger partial charge in [0.05, 0.1) is 11.0 Å². The number of rotatable bonds is 6. The summed E-state index contributed by atoms with van der Waals surface area (Å²) in [4.78, 5) is 15.3. The van der Waals surface area contributed by atoms with E-state index in [-0.39, 0.29) is 5.41 Å². The maximum atomic E-state index is 5.15. The number of para-hydroxylation sites is 1. The molecule has 8 aromatic carbocycles. The summed E-state index contributed by atoms with van der Waals surface area (Å²) in [5.41, 5.74) is 16.3. The van der Waals surface area contributed by atoms with E-state index in [1.54, 1.807) is 0 Å². The number of fused-ring (bicyclic) bond motifs is 6. The third kappa shape index (κ3) is 5.56. The molecule has 11 rings (SSSR count). The standard InChI is InChI=1S/C54H38N4/c1-54(2)47-21-13-12-20-43(47)44-29-26-40(34-48(44)54)39-27-30-49-45(32-39)46-33-41(28-31-50(46)58(49)42-18-10-5-11-19-42)53-56-51(37-16-8-4-9-17-37)55-52(57-53)38-24-22-36(23-25-38)35-14-6-3-7-15-35/h3-34H,1-2H3. The topological polar surface area (TPSA) is 43.6 Å². The molecule has 4 nitrogen and oxygen atoms in total. The van der Waals surface area contributed by atoms with Crippen LogP contribution in [0, 0.1) is 0 Å². The molecule has 0 saturated heterocycles. The van der Waals surface area contributed by atoms with Gasteiger partial charge in [0, 0.05) is 38.6 Å². The van der Waals surface area contributed by atoms with Gasteiger partial charge in [0.1, 0.15) is 0 Å². The molecule has 0 amide bonds. The lowest BCUT2D eigenvalue weighted by atomic mass is 9.81. The van der Waals surface area contributed by atoms with Crippen LogP contribution in [0.25, 0.3) is 95.0 Å². The van der Waals surface area contributed by atoms with Gasteiger partial charge in [-0.15, -0.1) is 0 Å². The van der Waals surface area contributed by atoms with Crippen LogP contribution in [0.1, 0.15) is 25.0 Å². The lowest BCUT2D eigenvalue weighted by Crippen LogP contribution is -2.14. The summed E-state index contributed by atoms with van der Waals surface area (Å²) in [7, 11) is 0. The maximum Gasteiger partial charge on any atom is 0.164 e. The highest BCUT2D eigenvalue weighted by Crippen LogP contribution is 2.49. The van der Waals surface area contributed by atoms with Crippen LogP contribution in [0.5, 0.6) is 0 Å². The Hall–Kier alpha value is -7.43. The largest absolute Gasteiger partial charge is 0.309 e. The van der Waals surface area contributed by atoms with Crippen molar-refractivity contribution in [1.29, 1.82) is 0 Å². The first-order chi connectivity index (χ1) is 28.5. The summed E-state index contributed by atoms with van der Waals surface area (Å²) in [5.74, 6) is 1.91. The normalized spacial score (nSPS) is 12.8. The number of nitrogens with zero attached hydrogens (tertiary/aromatic N) is 4. The molecular weight excluding hydrogens is 705 g/mol. The van der Waals surface area contributed by atoms with Crippen LogP contribution in [0.2, 0.25) is 0 Å². The average molecular weight is 743 g/mol. The van der Waals surface area contributed by atoms with Crippen molar-refractivity contribution in [2.24, 2.45) is 0 Å². The van der Waals surface area contributed by atoms with Crippen LogP contribution >= 0.6 is 0 Å². The molecule has 1 aliphatic carbocycles. The molecule has 2 aromatic heterocycles. The fraction of sp³-hybridized carbons (Fsp3) is 0.0556. The highest BCUT2D eigenvalue weighted by molar-refractivity contribution is 6.11. The van der Waals surface area contributed by atoms with Gasteiger partial charge in [0.25, 0.3) is 0 Å². The van der Waals surface area contributed by atoms with Crippen molar-refractivity contribution in [2.75, 3.05) is 0 Å². The van der Waals surface area contributed by atoms with Crippen molar-refractivity contribution in [2.45, 2.75) is 19.3 Å². The average Bonchev–Trinajstić information content (AvgIpc) is 3.74. The third-order valence-corrected chi connectivity index (χ3v) is 11.9. The monoisotopic (exact) mass is 742 g/mol. The van der Waals surface area contributed by atoms with E-state index in [0.29, 0.717) is 17.5 Å². The zero-order valence-electron chi connectivity index (χ0n) is 32.3. The summed E-state index contributed by atoms with van der Waals surface area (Å²) in [5, 5.41) is 2.32. The van der Waals surface area contributed by atoms with E-state index in [1.165, 1.54) is 44.3 Å². The predicted octanol–water partition coefficient (Wildman–Crippen LogP) is 13.6. The molecule has 0 atom stereocenters. The Morgan fingerprint density at radius 3 is 1.45 bits per heavy atom. The van der Waals surface area contributed by atoms with Crippen molar-refractivity contribution in [3.05, 3.63) is 205 Å². The number of hydrogen-bond acceptors (Lipinski definition) is 3. The molecule has 58 heavy (non-hydrogen) atoms. The summed E-state index contributed by atoms with van der Waals surface area (Å²) >= 11 is 0. The van der Waals surface area contributed by atoms with Crippen LogP contribution in [-0.4, -0.2) is 19.5 Å². The van der Waals surface area contributed by atoms with Gasteiger partial charge in [-0.25, -0.2) is 15.0 Å². The fourth-order valence-corrected chi connectivity index (χ4v) is 8.87. The van der Waals surface area contributed by atoms with Gasteiger partial charge in [-0.05, 0) is 93.0 Å². The first-order valence-corrected chi connectivity index (χ1v) is 19.9. The SMILES string of the molecule is CC1(C)c2ccccc2-c2ccc(-c3ccc4c(c3)c3cc(-c5nc(-c6ccccc6)nc(-c6ccc(-c7ccccc7)cc6)n5)ccc3n4-c3ccccc3)cc21. The number of aromatic nitrogens is 4. The van der Waals surface area contributed by atoms with Crippen LogP contribution in [0.3, 0.4) is 0 Å². The Morgan fingerprint density at radius 2 is 0.776 bits per heavy atom. The Balaban J connectivity index is 1.08. The number of hydrogen-bond donors (Lipinski definition) is 0. The molecule has 10 aromatic rings. The zero-order chi connectivity index (χ0) is 38.8. The van der Waals surface area contributed by atoms with Gasteiger partial charge in [-0.1, -0.05) is 159 Å². The van der Waals surface area contributed by atoms with E-state index in [4.69, 9.17) is 15.0 Å². The minimum Gasteiger partial charge on any atom is -0.309 e. The predicted molar refractivity (Wildman–Crippen MR) is 239 cm³/mol. The van der Waals surface area contributed by atoms with Gasteiger partial charge in [-0.3, -0.25) is 0 Å². The van der Waals surface area contributed by atoms with E-state index in [9.17, 15) is 0 Å². The second-order valence-corrected chi connectivity index (χ2v) is 15.7. The van der Waals surface area contributed by atoms with Gasteiger partial charge >= 0.3 is 0 Å². The van der Waals surface area contributed by atoms with Gasteiger partial charge in [0.2, 0.25) is 0 Å². The van der Waals surface area contributed by atoms with Crippen molar-refractivity contribution < 1.29 is 0 Å². The lowest BCUT2D eigenvalue weighted by molar-refractivity contribution is 0.660. The Morgan fingerprint density at radius 1 is 0.345 bits per heavy atom. The smallest absolute Gasteiger partial charge is 0.164 e. The first kappa shape index (κ1) is 33.9. The zero-order valence-corrected chi connectivity index (χ0v) is 32.3. The molecule has 0 unspecified atom stereocenters. The molecule has 1 aliphatic rings. The van der Waals surface area contributed by atoms with E-state index in [0.717, 1.165) is 44.4 Å². The van der Waals surface area contributed by atoms with Crippen LogP contribution in [-0.2, 0) is 5.41 Å². The molecule has 0 bridgehead atoms. The second-order valence-electron chi connectivity index (χ2n) is 15.7. The summed E-state index contributed by atoms with van der Waals surface area (Å²) in [6.07, 6.45) is 0. The number of benzene rings is 8. The second kappa shape index (κ2) is 13.4. The highest BCUT2D eigenvalue weighted by atomic mass is 15.0. The van der Waals surface area contributed by atoms with E-state index >= 15 is 0 Å². The van der Waals surface area contributed by atoms with E-state index in [1.807, 2.05) is 24.3 Å². The third-order valence-electron chi connectivity index (χ3n) is 11.9. The van der Waals surface area contributed by atoms with Gasteiger partial charge in [0.15, 0.2) is 17.5 Å². The Labute approximate surface area is 337 Å². The Kier molecular flexibility index (Phi) is 7.80. The summed E-state index contributed by atoms with van der Waals surface area (Å²) < 4.78 is 2.36. The highest BCUT2D eigenvalue weighted by Gasteiger charge is 2.35. The van der Waals surface area contributed by atoms with Crippen molar-refractivity contribution in [1.82, 2.24) is 19.5 Å². The van der Waals surface area contributed by atoms with Gasteiger partial charge in [-0.2, -0.15) is 0 Å². The molecular formula is C54H38N4. The summed E-state index contributed by atoms with van der Waals surface area (Å²) in [6, 6.07) is 69.1. The molecule has 0 spiro atoms. The molecule has 274 valence electrons. The summed E-state index contributed by atoms with van der Waals surface area (Å²) in [6.45, 7) is 4.68. The van der Waals surface area contributed by atoms with Crippen LogP contribution in [0.15, 0.2) is 194 Å². The first-order valence-electron chi connectivity index (χ1n) is 19.9. The molecule has 0 aliphatic heterocycles. The maximum absolute atomic E-state index is 5.15. The van der Waals surface area contributed by atoms with Crippen molar-refractivity contribution in [3.8, 4) is 73.2 Å². The Bertz CT molecular complexity index is 3160. The minimum atomic E-state index is -0.0732. The molecule has 0 N–H and O–H groups in total. The van der Waals surface area contributed by atoms with E-state index < -0.39 is 0 Å². The fourth-order valence-electron chi connectivity index (χ4n) is 8.87. The van der Waals surface area contributed by atoms with Crippen LogP contribution in [0.4, 0.5) is 0 Å². The molecule has 0 fully saturated rings. The minimum absolute atomic E-state index is 0.0732. The van der Waals surface area contributed by atoms with E-state index in [2.05, 4.69) is 188 Å². The van der Waals surface area contributed by atoms with Crippen LogP contribution < -0.4 is 0 Å². The lowest BCUT2D eigenvalue weighted by Gasteiger charge is -2.22. The van der Waals surface area contributed by atoms with Crippen molar-refractivity contribution >= 4 is 21.8 Å². The van der Waals surface area contributed by atoms with Gasteiger partial charge < -0.3 is 4.57 Å². The molecule has 2 heterocycles. The molecule has 4 heteroatoms. The van der Waals surface area contributed by atoms with Crippen molar-refractivity contribution in [3.63, 3.8) is 0 Å².